The topological polar surface area (TPSA) is 74.2 Å². The first kappa shape index (κ1) is 19.7. The van der Waals surface area contributed by atoms with Crippen LogP contribution in [0.5, 0.6) is 23.0 Å². The number of benzene rings is 1. The van der Waals surface area contributed by atoms with Crippen LogP contribution < -0.4 is 18.9 Å². The highest BCUT2D eigenvalue weighted by atomic mass is 16.5. The van der Waals surface area contributed by atoms with E-state index in [1.807, 2.05) is 13.8 Å². The number of hydrogen-bond donors (Lipinski definition) is 1. The Labute approximate surface area is 143 Å². The van der Waals surface area contributed by atoms with Gasteiger partial charge in [0.25, 0.3) is 0 Å². The van der Waals surface area contributed by atoms with Gasteiger partial charge in [0, 0.05) is 16.7 Å². The first-order valence-electron chi connectivity index (χ1n) is 7.77. The van der Waals surface area contributed by atoms with Gasteiger partial charge in [0.1, 0.15) is 0 Å². The minimum atomic E-state index is -0.946. The monoisotopic (exact) mass is 338 g/mol. The average molecular weight is 338 g/mol. The summed E-state index contributed by atoms with van der Waals surface area (Å²) in [7, 11) is 6.04. The molecule has 1 aromatic carbocycles. The van der Waals surface area contributed by atoms with Crippen molar-refractivity contribution in [3.05, 3.63) is 16.7 Å². The fraction of sp³-hybridized carbons (Fsp3) is 0.500. The van der Waals surface area contributed by atoms with Gasteiger partial charge in [-0.2, -0.15) is 0 Å². The maximum atomic E-state index is 11.6. The number of carboxylic acids is 1. The number of carbonyl (C=O) groups is 1. The fourth-order valence-electron chi connectivity index (χ4n) is 2.57. The Bertz CT molecular complexity index is 619. The van der Waals surface area contributed by atoms with Gasteiger partial charge in [-0.25, -0.2) is 4.79 Å². The molecule has 0 aromatic heterocycles. The Morgan fingerprint density at radius 1 is 0.958 bits per heavy atom. The third-order valence-corrected chi connectivity index (χ3v) is 3.82. The van der Waals surface area contributed by atoms with Crippen LogP contribution in [0, 0.1) is 6.92 Å². The second kappa shape index (κ2) is 9.05. The van der Waals surface area contributed by atoms with Gasteiger partial charge in [0.05, 0.1) is 28.4 Å². The summed E-state index contributed by atoms with van der Waals surface area (Å²) in [5.74, 6) is 0.744. The van der Waals surface area contributed by atoms with E-state index < -0.39 is 5.97 Å². The molecule has 0 heterocycles. The molecule has 1 rings (SSSR count). The van der Waals surface area contributed by atoms with E-state index in [9.17, 15) is 9.90 Å². The summed E-state index contributed by atoms with van der Waals surface area (Å²) >= 11 is 0. The van der Waals surface area contributed by atoms with E-state index >= 15 is 0 Å². The van der Waals surface area contributed by atoms with Crippen molar-refractivity contribution in [3.8, 4) is 23.0 Å². The SMILES string of the molecule is CCCCC(=Cc1c(C)c(OC)c(OC)c(OC)c1OC)C(=O)O. The van der Waals surface area contributed by atoms with Crippen molar-refractivity contribution in [1.82, 2.24) is 0 Å². The molecule has 0 atom stereocenters. The van der Waals surface area contributed by atoms with E-state index in [1.165, 1.54) is 28.4 Å². The normalized spacial score (nSPS) is 11.2. The minimum Gasteiger partial charge on any atom is -0.492 e. The molecular formula is C18H26O6. The third-order valence-electron chi connectivity index (χ3n) is 3.82. The highest BCUT2D eigenvalue weighted by molar-refractivity contribution is 5.93. The van der Waals surface area contributed by atoms with E-state index in [0.717, 1.165) is 18.4 Å². The molecule has 1 aromatic rings. The summed E-state index contributed by atoms with van der Waals surface area (Å²) in [4.78, 5) is 11.6. The van der Waals surface area contributed by atoms with Crippen molar-refractivity contribution in [3.63, 3.8) is 0 Å². The van der Waals surface area contributed by atoms with Gasteiger partial charge in [-0.05, 0) is 25.8 Å². The number of aliphatic carboxylic acids is 1. The number of hydrogen-bond acceptors (Lipinski definition) is 5. The number of ether oxygens (including phenoxy) is 4. The molecule has 0 radical (unpaired) electrons. The van der Waals surface area contributed by atoms with Crippen LogP contribution in [-0.2, 0) is 4.79 Å². The second-order valence-corrected chi connectivity index (χ2v) is 5.25. The van der Waals surface area contributed by atoms with Crippen molar-refractivity contribution in [2.45, 2.75) is 33.1 Å². The van der Waals surface area contributed by atoms with Crippen LogP contribution >= 0.6 is 0 Å². The van der Waals surface area contributed by atoms with Crippen LogP contribution in [0.3, 0.4) is 0 Å². The molecule has 0 amide bonds. The predicted octanol–water partition coefficient (Wildman–Crippen LogP) is 3.69. The maximum absolute atomic E-state index is 11.6. The lowest BCUT2D eigenvalue weighted by molar-refractivity contribution is -0.132. The van der Waals surface area contributed by atoms with Crippen molar-refractivity contribution >= 4 is 12.0 Å². The molecule has 6 heteroatoms. The third kappa shape index (κ3) is 3.93. The quantitative estimate of drug-likeness (QED) is 0.692. The largest absolute Gasteiger partial charge is 0.492 e. The van der Waals surface area contributed by atoms with Gasteiger partial charge in [-0.1, -0.05) is 13.3 Å². The first-order valence-corrected chi connectivity index (χ1v) is 7.77. The zero-order chi connectivity index (χ0) is 18.3. The average Bonchev–Trinajstić information content (AvgIpc) is 2.58. The smallest absolute Gasteiger partial charge is 0.331 e. The maximum Gasteiger partial charge on any atom is 0.331 e. The molecule has 0 spiro atoms. The fourth-order valence-corrected chi connectivity index (χ4v) is 2.57. The van der Waals surface area contributed by atoms with Crippen molar-refractivity contribution in [2.24, 2.45) is 0 Å². The van der Waals surface area contributed by atoms with Crippen LogP contribution in [0.15, 0.2) is 5.57 Å². The van der Waals surface area contributed by atoms with Crippen molar-refractivity contribution in [1.29, 1.82) is 0 Å². The zero-order valence-corrected chi connectivity index (χ0v) is 15.2. The molecule has 0 aliphatic rings. The molecule has 0 fully saturated rings. The van der Waals surface area contributed by atoms with Crippen LogP contribution in [-0.4, -0.2) is 39.5 Å². The zero-order valence-electron chi connectivity index (χ0n) is 15.2. The summed E-state index contributed by atoms with van der Waals surface area (Å²) in [5.41, 5.74) is 1.65. The van der Waals surface area contributed by atoms with E-state index in [0.29, 0.717) is 40.6 Å². The molecule has 134 valence electrons. The molecular weight excluding hydrogens is 312 g/mol. The van der Waals surface area contributed by atoms with Gasteiger partial charge >= 0.3 is 5.97 Å². The van der Waals surface area contributed by atoms with E-state index in [-0.39, 0.29) is 0 Å². The van der Waals surface area contributed by atoms with E-state index in [1.54, 1.807) is 6.08 Å². The summed E-state index contributed by atoms with van der Waals surface area (Å²) in [6.45, 7) is 3.85. The lowest BCUT2D eigenvalue weighted by atomic mass is 9.99. The van der Waals surface area contributed by atoms with Crippen molar-refractivity contribution < 1.29 is 28.8 Å². The minimum absolute atomic E-state index is 0.313. The van der Waals surface area contributed by atoms with Gasteiger partial charge in [0.2, 0.25) is 11.5 Å². The van der Waals surface area contributed by atoms with Crippen LogP contribution in [0.4, 0.5) is 0 Å². The van der Waals surface area contributed by atoms with Crippen LogP contribution in [0.25, 0.3) is 6.08 Å². The first-order chi connectivity index (χ1) is 11.5. The van der Waals surface area contributed by atoms with Crippen LogP contribution in [0.2, 0.25) is 0 Å². The number of methoxy groups -OCH3 is 4. The second-order valence-electron chi connectivity index (χ2n) is 5.25. The van der Waals surface area contributed by atoms with E-state index in [4.69, 9.17) is 18.9 Å². The Kier molecular flexibility index (Phi) is 7.42. The molecule has 1 N–H and O–H groups in total. The molecule has 0 unspecified atom stereocenters. The number of unbranched alkanes of at least 4 members (excludes halogenated alkanes) is 1. The summed E-state index contributed by atoms with van der Waals surface area (Å²) in [5, 5.41) is 9.47. The molecule has 0 bridgehead atoms. The molecule has 6 nitrogen and oxygen atoms in total. The van der Waals surface area contributed by atoms with Gasteiger partial charge < -0.3 is 24.1 Å². The lowest BCUT2D eigenvalue weighted by Crippen LogP contribution is -2.05. The van der Waals surface area contributed by atoms with Crippen molar-refractivity contribution in [2.75, 3.05) is 28.4 Å². The Morgan fingerprint density at radius 2 is 1.46 bits per heavy atom. The number of carboxylic acid groups (broad SMARTS) is 1. The Morgan fingerprint density at radius 3 is 1.88 bits per heavy atom. The summed E-state index contributed by atoms with van der Waals surface area (Å²) in [6.07, 6.45) is 3.81. The standard InChI is InChI=1S/C18H26O6/c1-7-8-9-12(18(19)20)10-13-11(2)14(21-3)16(23-5)17(24-6)15(13)22-4/h10H,7-9H2,1-6H3,(H,19,20). The molecule has 0 saturated heterocycles. The highest BCUT2D eigenvalue weighted by Gasteiger charge is 2.25. The predicted molar refractivity (Wildman–Crippen MR) is 92.5 cm³/mol. The van der Waals surface area contributed by atoms with Gasteiger partial charge in [0.15, 0.2) is 11.5 Å². The number of rotatable bonds is 9. The lowest BCUT2D eigenvalue weighted by Gasteiger charge is -2.20. The molecule has 0 aliphatic heterocycles. The molecule has 0 aliphatic carbocycles. The Hall–Kier alpha value is -2.37. The van der Waals surface area contributed by atoms with E-state index in [2.05, 4.69) is 0 Å². The summed E-state index contributed by atoms with van der Waals surface area (Å²) < 4.78 is 21.7. The van der Waals surface area contributed by atoms with Gasteiger partial charge in [-0.3, -0.25) is 0 Å². The molecule has 0 saturated carbocycles. The summed E-state index contributed by atoms with van der Waals surface area (Å²) in [6, 6.07) is 0. The highest BCUT2D eigenvalue weighted by Crippen LogP contribution is 2.50. The Balaban J connectivity index is 3.70. The van der Waals surface area contributed by atoms with Gasteiger partial charge in [-0.15, -0.1) is 0 Å². The molecule has 24 heavy (non-hydrogen) atoms. The van der Waals surface area contributed by atoms with Crippen LogP contribution in [0.1, 0.15) is 37.3 Å².